The molecule has 3 fully saturated rings. The first-order valence-corrected chi connectivity index (χ1v) is 26.6. The normalized spacial score (nSPS) is 26.4. The van der Waals surface area contributed by atoms with E-state index in [1.165, 1.54) is 44.7 Å². The molecule has 6 heterocycles. The van der Waals surface area contributed by atoms with Gasteiger partial charge in [0.1, 0.15) is 60.4 Å². The van der Waals surface area contributed by atoms with Crippen LogP contribution in [0.3, 0.4) is 0 Å². The smallest absolute Gasteiger partial charge is 0.455 e. The molecule has 3 unspecified atom stereocenters. The van der Waals surface area contributed by atoms with E-state index in [4.69, 9.17) is 54.7 Å². The van der Waals surface area contributed by atoms with Crippen molar-refractivity contribution in [3.8, 4) is 0 Å². The highest BCUT2D eigenvalue weighted by atomic mass is 33.1. The minimum absolute atomic E-state index is 0.00990. The number of nitrogens with two attached hydrogens (primary N) is 3. The van der Waals surface area contributed by atoms with Crippen LogP contribution in [-0.2, 0) is 58.0 Å². The van der Waals surface area contributed by atoms with Gasteiger partial charge in [-0.25, -0.2) is 33.9 Å². The number of hydrogen-bond acceptors (Lipinski definition) is 23. The monoisotopic (exact) mass is 1050 g/mol. The largest absolute Gasteiger partial charge is 0.469 e. The van der Waals surface area contributed by atoms with Gasteiger partial charge < -0.3 is 75.2 Å². The lowest BCUT2D eigenvalue weighted by Crippen LogP contribution is -2.48. The molecule has 0 radical (unpaired) electrons. The number of aliphatic hydroxyl groups excluding tert-OH is 1. The zero-order chi connectivity index (χ0) is 49.8. The predicted octanol–water partition coefficient (Wildman–Crippen LogP) is 1.57. The van der Waals surface area contributed by atoms with Crippen LogP contribution in [0.5, 0.6) is 0 Å². The molecule has 69 heavy (non-hydrogen) atoms. The molecule has 3 aliphatic heterocycles. The number of aliphatic hydroxyl groups is 1. The number of imidazole rings is 1. The maximum Gasteiger partial charge on any atom is 0.469 e. The number of nitrogens with zero attached hydrogens (tertiary/aromatic N) is 6. The number of ether oxygens (including phenoxy) is 6. The van der Waals surface area contributed by atoms with Crippen molar-refractivity contribution in [2.24, 2.45) is 0 Å². The highest BCUT2D eigenvalue weighted by Crippen LogP contribution is 2.58. The van der Waals surface area contributed by atoms with Crippen molar-refractivity contribution < 1.29 is 76.0 Å². The summed E-state index contributed by atoms with van der Waals surface area (Å²) >= 11 is 0. The minimum Gasteiger partial charge on any atom is -0.455 e. The molecule has 0 saturated carbocycles. The Balaban J connectivity index is 1.18. The molecule has 11 N–H and O–H groups in total. The van der Waals surface area contributed by atoms with Crippen LogP contribution >= 0.6 is 37.0 Å². The third kappa shape index (κ3) is 13.3. The molecular weight excluding hydrogens is 995 g/mol. The van der Waals surface area contributed by atoms with E-state index in [-0.39, 0.29) is 46.5 Å². The zero-order valence-electron chi connectivity index (χ0n) is 37.1. The summed E-state index contributed by atoms with van der Waals surface area (Å²) in [4.78, 5) is 87.8. The molecule has 0 aliphatic carbocycles. The first-order valence-electron chi connectivity index (χ1n) is 21.1. The summed E-state index contributed by atoms with van der Waals surface area (Å²) in [6.07, 6.45) is -9.05. The van der Waals surface area contributed by atoms with Gasteiger partial charge in [0.25, 0.3) is 0 Å². The molecule has 27 nitrogen and oxygen atoms in total. The number of amides is 1. The lowest BCUT2D eigenvalue weighted by molar-refractivity contribution is -0.170. The molecule has 0 bridgehead atoms. The standard InChI is InChI=1S/C38H52N10O17P2S2/c1-38(2,3)69-68-16-21(45-37(52)59-13-19-6-8-20(39)9-7-19)35(50)65-28-22(62-33(27(28)49)48-18-44-26-31(41)42-17-43-32(26)48)14-60-66(53,54)30-23(15-61-67(55,56)57)63-34(29(30)64-25-5-4-12-58-25)47-11-10-24(40)46-36(47)51/h6-11,17-18,21-23,25,27-30,33-34,49H,4-5,12-16,39H2,1-3H3,(H,45,52)(H,53,54)(H2,40,46,51)(H2,41,42,43)(H2,55,56,57)/t21-,22+,23?,25?,27+,28+,29+,30+,33+,34+/m0/s1. The first-order chi connectivity index (χ1) is 32.6. The molecular formula is C38H52N10O17P2S2. The van der Waals surface area contributed by atoms with Gasteiger partial charge in [-0.05, 0) is 30.2 Å². The summed E-state index contributed by atoms with van der Waals surface area (Å²) in [5, 5.41) is 14.5. The number of aromatic nitrogens is 6. The molecule has 4 aromatic rings. The zero-order valence-corrected chi connectivity index (χ0v) is 40.5. The third-order valence-electron chi connectivity index (χ3n) is 10.5. The van der Waals surface area contributed by atoms with Crippen molar-refractivity contribution in [2.75, 3.05) is 42.8 Å². The summed E-state index contributed by atoms with van der Waals surface area (Å²) in [5.41, 5.74) is 16.0. The molecule has 378 valence electrons. The average molecular weight is 1050 g/mol. The van der Waals surface area contributed by atoms with Crippen LogP contribution in [0.15, 0.2) is 54.0 Å². The fourth-order valence-electron chi connectivity index (χ4n) is 7.41. The van der Waals surface area contributed by atoms with Crippen LogP contribution in [0, 0.1) is 0 Å². The Bertz CT molecular complexity index is 2600. The molecule has 3 aliphatic rings. The molecule has 1 aromatic carbocycles. The van der Waals surface area contributed by atoms with Crippen LogP contribution < -0.4 is 28.2 Å². The van der Waals surface area contributed by atoms with E-state index in [0.29, 0.717) is 24.1 Å². The number of hydrogen-bond donors (Lipinski definition) is 8. The number of nitrogens with one attached hydrogen (secondary N) is 1. The van der Waals surface area contributed by atoms with Crippen molar-refractivity contribution >= 4 is 77.6 Å². The number of nitrogen functional groups attached to an aromatic ring is 3. The van der Waals surface area contributed by atoms with Crippen molar-refractivity contribution in [3.63, 3.8) is 0 Å². The highest BCUT2D eigenvalue weighted by Gasteiger charge is 2.58. The van der Waals surface area contributed by atoms with E-state index in [0.717, 1.165) is 10.9 Å². The van der Waals surface area contributed by atoms with Crippen LogP contribution in [0.2, 0.25) is 0 Å². The van der Waals surface area contributed by atoms with Crippen molar-refractivity contribution in [3.05, 3.63) is 65.2 Å². The van der Waals surface area contributed by atoms with Crippen molar-refractivity contribution in [1.29, 1.82) is 0 Å². The van der Waals surface area contributed by atoms with Gasteiger partial charge in [0.2, 0.25) is 0 Å². The topological polar surface area (TPSA) is 392 Å². The van der Waals surface area contributed by atoms with Crippen LogP contribution in [-0.4, -0.2) is 140 Å². The maximum absolute atomic E-state index is 14.8. The lowest BCUT2D eigenvalue weighted by atomic mass is 10.1. The molecule has 0 spiro atoms. The van der Waals surface area contributed by atoms with Crippen LogP contribution in [0.25, 0.3) is 11.2 Å². The molecule has 1 amide bonds. The number of benzene rings is 1. The van der Waals surface area contributed by atoms with Crippen LogP contribution in [0.1, 0.15) is 51.6 Å². The van der Waals surface area contributed by atoms with Gasteiger partial charge in [0.05, 0.1) is 19.5 Å². The van der Waals surface area contributed by atoms with Gasteiger partial charge >= 0.3 is 33.2 Å². The van der Waals surface area contributed by atoms with Gasteiger partial charge in [-0.2, -0.15) is 4.98 Å². The van der Waals surface area contributed by atoms with Gasteiger partial charge in [-0.3, -0.25) is 18.2 Å². The quantitative estimate of drug-likeness (QED) is 0.0286. The van der Waals surface area contributed by atoms with Crippen LogP contribution in [0.4, 0.5) is 22.1 Å². The second-order valence-electron chi connectivity index (χ2n) is 16.8. The Morgan fingerprint density at radius 1 is 0.971 bits per heavy atom. The van der Waals surface area contributed by atoms with Gasteiger partial charge in [0, 0.05) is 35.4 Å². The molecule has 3 aromatic heterocycles. The second-order valence-corrected chi connectivity index (χ2v) is 23.2. The Morgan fingerprint density at radius 2 is 1.70 bits per heavy atom. The number of carbonyl (C=O) groups is 2. The van der Waals surface area contributed by atoms with E-state index in [2.05, 4.69) is 25.3 Å². The number of rotatable bonds is 19. The summed E-state index contributed by atoms with van der Waals surface area (Å²) in [7, 11) is -7.86. The Morgan fingerprint density at radius 3 is 2.38 bits per heavy atom. The fraction of sp³-hybridized carbons (Fsp3) is 0.553. The highest BCUT2D eigenvalue weighted by molar-refractivity contribution is 8.77. The summed E-state index contributed by atoms with van der Waals surface area (Å²) < 4.78 is 74.4. The van der Waals surface area contributed by atoms with Crippen molar-refractivity contribution in [2.45, 2.75) is 106 Å². The Hall–Kier alpha value is -4.45. The first kappa shape index (κ1) is 52.4. The SMILES string of the molecule is CC(C)(C)SSC[C@H](NC(=O)OCc1ccc(N)cc1)C(=O)O[C@H]1[C@@H](O)[C@H](n2cnc3c(N)ncnc32)O[C@@H]1COP(=O)(O)[C@@H]1C(COP(=O)(O)O)O[C@@H](n2ccc(N)nc2=O)[C@@H]1OC1CCCO1. The lowest BCUT2D eigenvalue weighted by Gasteiger charge is -2.30. The number of alkyl carbamates (subject to hydrolysis) is 1. The number of anilines is 3. The fourth-order valence-corrected chi connectivity index (χ4v) is 11.9. The van der Waals surface area contributed by atoms with E-state index < -0.39 is 107 Å². The van der Waals surface area contributed by atoms with Gasteiger partial charge in [-0.15, -0.1) is 0 Å². The summed E-state index contributed by atoms with van der Waals surface area (Å²) in [6.45, 7) is 3.98. The number of fused-ring (bicyclic) bond motifs is 1. The van der Waals surface area contributed by atoms with E-state index >= 15 is 0 Å². The number of phosphoric acid groups is 1. The van der Waals surface area contributed by atoms with E-state index in [9.17, 15) is 43.3 Å². The number of esters is 1. The predicted molar refractivity (Wildman–Crippen MR) is 246 cm³/mol. The minimum atomic E-state index is -5.28. The van der Waals surface area contributed by atoms with Gasteiger partial charge in [-0.1, -0.05) is 54.5 Å². The summed E-state index contributed by atoms with van der Waals surface area (Å²) in [5.74, 6) is -1.29. The third-order valence-corrected chi connectivity index (χ3v) is 16.3. The van der Waals surface area contributed by atoms with Gasteiger partial charge in [0.15, 0.2) is 36.3 Å². The maximum atomic E-state index is 14.8. The molecule has 7 rings (SSSR count). The van der Waals surface area contributed by atoms with E-state index in [1.54, 1.807) is 24.3 Å². The number of phosphoric ester groups is 1. The van der Waals surface area contributed by atoms with E-state index in [1.807, 2.05) is 20.8 Å². The molecule has 3 saturated heterocycles. The second kappa shape index (κ2) is 21.9. The van der Waals surface area contributed by atoms with Crippen molar-refractivity contribution in [1.82, 2.24) is 34.4 Å². The summed E-state index contributed by atoms with van der Waals surface area (Å²) in [6, 6.07) is 6.41. The molecule has 11 atom stereocenters. The Kier molecular flexibility index (Phi) is 16.6. The molecule has 31 heteroatoms. The average Bonchev–Trinajstić information content (AvgIpc) is 4.08. The Labute approximate surface area is 400 Å². The number of carbonyl (C=O) groups excluding carboxylic acids is 2.